The fourth-order valence-corrected chi connectivity index (χ4v) is 3.92. The van der Waals surface area contributed by atoms with Crippen LogP contribution in [0, 0.1) is 5.92 Å². The number of aliphatic hydroxyl groups is 1. The van der Waals surface area contributed by atoms with Crippen molar-refractivity contribution in [2.24, 2.45) is 5.92 Å². The molecule has 1 aromatic carbocycles. The largest absolute Gasteiger partial charge is 0.464 e. The second-order valence-corrected chi connectivity index (χ2v) is 7.80. The SMILES string of the molecule is C=CCOC(=O)C1=C[C@@H](c2coc3ccccc3c2=O)[C@H](CCOCCOCCO)[C@@H](OCC)O1. The molecule has 0 saturated heterocycles. The molecule has 0 spiro atoms. The van der Waals surface area contributed by atoms with E-state index in [-0.39, 0.29) is 36.9 Å². The fourth-order valence-electron chi connectivity index (χ4n) is 3.92. The van der Waals surface area contributed by atoms with Gasteiger partial charge in [-0.05, 0) is 31.6 Å². The molecule has 1 aromatic heterocycles. The third kappa shape index (κ3) is 7.02. The van der Waals surface area contributed by atoms with Crippen LogP contribution >= 0.6 is 0 Å². The van der Waals surface area contributed by atoms with Crippen LogP contribution in [0.1, 0.15) is 24.8 Å². The Labute approximate surface area is 203 Å². The van der Waals surface area contributed by atoms with Crippen LogP contribution in [0.15, 0.2) is 64.2 Å². The van der Waals surface area contributed by atoms with Gasteiger partial charge >= 0.3 is 5.97 Å². The molecular formula is C26H32O9. The Morgan fingerprint density at radius 3 is 2.69 bits per heavy atom. The molecule has 9 nitrogen and oxygen atoms in total. The number of hydrogen-bond acceptors (Lipinski definition) is 9. The summed E-state index contributed by atoms with van der Waals surface area (Å²) in [4.78, 5) is 26.0. The summed E-state index contributed by atoms with van der Waals surface area (Å²) in [6.07, 6.45) is 4.16. The van der Waals surface area contributed by atoms with Gasteiger partial charge in [-0.3, -0.25) is 4.79 Å². The van der Waals surface area contributed by atoms with Gasteiger partial charge in [-0.15, -0.1) is 0 Å². The summed E-state index contributed by atoms with van der Waals surface area (Å²) in [5, 5.41) is 9.23. The summed E-state index contributed by atoms with van der Waals surface area (Å²) in [6, 6.07) is 7.00. The van der Waals surface area contributed by atoms with Crippen molar-refractivity contribution >= 4 is 16.9 Å². The minimum Gasteiger partial charge on any atom is -0.464 e. The number of hydrogen-bond donors (Lipinski definition) is 1. The quantitative estimate of drug-likeness (QED) is 0.244. The van der Waals surface area contributed by atoms with E-state index in [1.807, 2.05) is 6.92 Å². The third-order valence-corrected chi connectivity index (χ3v) is 5.52. The van der Waals surface area contributed by atoms with Gasteiger partial charge in [-0.25, -0.2) is 4.79 Å². The summed E-state index contributed by atoms with van der Waals surface area (Å²) < 4.78 is 33.5. The summed E-state index contributed by atoms with van der Waals surface area (Å²) in [5.74, 6) is -1.58. The van der Waals surface area contributed by atoms with Gasteiger partial charge in [0.15, 0.2) is 5.43 Å². The second-order valence-electron chi connectivity index (χ2n) is 7.80. The first-order valence-corrected chi connectivity index (χ1v) is 11.7. The molecule has 0 amide bonds. The molecule has 0 fully saturated rings. The standard InChI is InChI=1S/C26H32O9/c1-3-11-33-25(29)23-16-20(21-17-34-22-8-6-5-7-19(22)24(21)28)18(26(35-23)32-4-2)9-12-30-14-15-31-13-10-27/h3,5-8,16-18,20,26-27H,1,4,9-15H2,2H3/t18-,20+,26-/m0/s1. The molecule has 3 atom stereocenters. The highest BCUT2D eigenvalue weighted by atomic mass is 16.7. The zero-order chi connectivity index (χ0) is 25.0. The Kier molecular flexibility index (Phi) is 10.5. The molecular weight excluding hydrogens is 456 g/mol. The maximum absolute atomic E-state index is 13.4. The van der Waals surface area contributed by atoms with Gasteiger partial charge in [0.1, 0.15) is 12.2 Å². The van der Waals surface area contributed by atoms with Crippen LogP contribution in [0.2, 0.25) is 0 Å². The van der Waals surface area contributed by atoms with Crippen LogP contribution in [0.25, 0.3) is 11.0 Å². The molecule has 35 heavy (non-hydrogen) atoms. The number of rotatable bonds is 14. The fraction of sp³-hybridized carbons (Fsp3) is 0.462. The molecule has 190 valence electrons. The Morgan fingerprint density at radius 2 is 1.94 bits per heavy atom. The van der Waals surface area contributed by atoms with E-state index in [1.54, 1.807) is 30.3 Å². The molecule has 0 saturated carbocycles. The van der Waals surface area contributed by atoms with Crippen LogP contribution in [-0.2, 0) is 28.5 Å². The van der Waals surface area contributed by atoms with Gasteiger partial charge in [-0.2, -0.15) is 0 Å². The highest BCUT2D eigenvalue weighted by molar-refractivity contribution is 5.86. The molecule has 3 rings (SSSR count). The number of ether oxygens (including phenoxy) is 5. The number of carbonyl (C=O) groups excluding carboxylic acids is 1. The van der Waals surface area contributed by atoms with Crippen molar-refractivity contribution in [2.75, 3.05) is 46.2 Å². The zero-order valence-electron chi connectivity index (χ0n) is 19.9. The minimum atomic E-state index is -0.804. The van der Waals surface area contributed by atoms with Crippen molar-refractivity contribution in [1.82, 2.24) is 0 Å². The van der Waals surface area contributed by atoms with E-state index >= 15 is 0 Å². The average Bonchev–Trinajstić information content (AvgIpc) is 2.87. The molecule has 1 aliphatic rings. The molecule has 2 aromatic rings. The maximum atomic E-state index is 13.4. The van der Waals surface area contributed by atoms with Crippen LogP contribution in [-0.4, -0.2) is 63.6 Å². The van der Waals surface area contributed by atoms with E-state index in [2.05, 4.69) is 6.58 Å². The van der Waals surface area contributed by atoms with Gasteiger partial charge in [0.2, 0.25) is 12.0 Å². The van der Waals surface area contributed by atoms with Crippen LogP contribution in [0.4, 0.5) is 0 Å². The third-order valence-electron chi connectivity index (χ3n) is 5.52. The van der Waals surface area contributed by atoms with Crippen molar-refractivity contribution in [3.8, 4) is 0 Å². The normalized spacial score (nSPS) is 19.7. The van der Waals surface area contributed by atoms with Crippen molar-refractivity contribution in [3.05, 3.63) is 70.8 Å². The number of fused-ring (bicyclic) bond motifs is 1. The Balaban J connectivity index is 1.91. The summed E-state index contributed by atoms with van der Waals surface area (Å²) in [7, 11) is 0. The molecule has 1 N–H and O–H groups in total. The monoisotopic (exact) mass is 488 g/mol. The van der Waals surface area contributed by atoms with Crippen molar-refractivity contribution in [2.45, 2.75) is 25.6 Å². The lowest BCUT2D eigenvalue weighted by atomic mass is 9.81. The maximum Gasteiger partial charge on any atom is 0.373 e. The molecule has 2 heterocycles. The first-order valence-electron chi connectivity index (χ1n) is 11.7. The van der Waals surface area contributed by atoms with Gasteiger partial charge in [0, 0.05) is 30.6 Å². The predicted molar refractivity (Wildman–Crippen MR) is 128 cm³/mol. The van der Waals surface area contributed by atoms with Crippen LogP contribution in [0.5, 0.6) is 0 Å². The topological polar surface area (TPSA) is 114 Å². The van der Waals surface area contributed by atoms with Gasteiger partial charge in [0.25, 0.3) is 0 Å². The van der Waals surface area contributed by atoms with Gasteiger partial charge in [0.05, 0.1) is 38.1 Å². The molecule has 0 bridgehead atoms. The smallest absolute Gasteiger partial charge is 0.373 e. The number of esters is 1. The first-order chi connectivity index (χ1) is 17.1. The number of aliphatic hydroxyl groups excluding tert-OH is 1. The van der Waals surface area contributed by atoms with Crippen LogP contribution < -0.4 is 5.43 Å². The number of allylic oxidation sites excluding steroid dienone is 1. The van der Waals surface area contributed by atoms with Crippen molar-refractivity contribution < 1.29 is 38.0 Å². The number of benzene rings is 1. The minimum absolute atomic E-state index is 0.0250. The van der Waals surface area contributed by atoms with E-state index in [4.69, 9.17) is 33.2 Å². The molecule has 0 unspecified atom stereocenters. The lowest BCUT2D eigenvalue weighted by molar-refractivity contribution is -0.176. The van der Waals surface area contributed by atoms with Crippen LogP contribution in [0.3, 0.4) is 0 Å². The Morgan fingerprint density at radius 1 is 1.17 bits per heavy atom. The molecule has 0 radical (unpaired) electrons. The van der Waals surface area contributed by atoms with E-state index in [1.165, 1.54) is 12.3 Å². The number of carbonyl (C=O) groups is 1. The van der Waals surface area contributed by atoms with Gasteiger partial charge < -0.3 is 33.2 Å². The van der Waals surface area contributed by atoms with Gasteiger partial charge in [-0.1, -0.05) is 24.8 Å². The summed E-state index contributed by atoms with van der Waals surface area (Å²) >= 11 is 0. The van der Waals surface area contributed by atoms with E-state index in [0.717, 1.165) is 0 Å². The zero-order valence-corrected chi connectivity index (χ0v) is 19.9. The highest BCUT2D eigenvalue weighted by Crippen LogP contribution is 2.38. The molecule has 1 aliphatic heterocycles. The van der Waals surface area contributed by atoms with Crippen molar-refractivity contribution in [1.29, 1.82) is 0 Å². The Bertz CT molecular complexity index is 1060. The summed E-state index contributed by atoms with van der Waals surface area (Å²) in [5.41, 5.74) is 0.682. The summed E-state index contributed by atoms with van der Waals surface area (Å²) in [6.45, 7) is 7.00. The Hall–Kier alpha value is -2.98. The average molecular weight is 489 g/mol. The van der Waals surface area contributed by atoms with E-state index in [0.29, 0.717) is 49.4 Å². The van der Waals surface area contributed by atoms with Crippen molar-refractivity contribution in [3.63, 3.8) is 0 Å². The van der Waals surface area contributed by atoms with E-state index in [9.17, 15) is 9.59 Å². The lowest BCUT2D eigenvalue weighted by Gasteiger charge is -2.36. The predicted octanol–water partition coefficient (Wildman–Crippen LogP) is 2.91. The highest BCUT2D eigenvalue weighted by Gasteiger charge is 2.39. The lowest BCUT2D eigenvalue weighted by Crippen LogP contribution is -2.38. The number of para-hydroxylation sites is 1. The molecule has 9 heteroatoms. The van der Waals surface area contributed by atoms with E-state index < -0.39 is 18.2 Å². The second kappa shape index (κ2) is 13.8. The first kappa shape index (κ1) is 26.6. The molecule has 0 aliphatic carbocycles.